The van der Waals surface area contributed by atoms with Gasteiger partial charge in [-0.2, -0.15) is 0 Å². The Morgan fingerprint density at radius 1 is 1.09 bits per heavy atom. The molecule has 0 aliphatic rings. The highest BCUT2D eigenvalue weighted by molar-refractivity contribution is 7.89. The summed E-state index contributed by atoms with van der Waals surface area (Å²) in [5.41, 5.74) is 2.16. The first kappa shape index (κ1) is 17.4. The summed E-state index contributed by atoms with van der Waals surface area (Å²) in [5, 5.41) is 11.9. The van der Waals surface area contributed by atoms with Gasteiger partial charge in [-0.05, 0) is 42.8 Å². The first-order valence-electron chi connectivity index (χ1n) is 7.12. The lowest BCUT2D eigenvalue weighted by molar-refractivity contribution is 0.282. The molecule has 5 nitrogen and oxygen atoms in total. The lowest BCUT2D eigenvalue weighted by Crippen LogP contribution is -2.18. The quantitative estimate of drug-likeness (QED) is 0.720. The van der Waals surface area contributed by atoms with E-state index in [0.29, 0.717) is 13.0 Å². The Labute approximate surface area is 135 Å². The van der Waals surface area contributed by atoms with Crippen molar-refractivity contribution in [1.82, 2.24) is 4.72 Å². The standard InChI is InChI=1S/C16H19FN2O3S/c1-18-23(21,22)14-6-7-16(15(17)10-14)19-9-8-12-2-4-13(11-20)5-3-12/h2-7,10,18-20H,8-9,11H2,1H3. The lowest BCUT2D eigenvalue weighted by Gasteiger charge is -2.10. The Hall–Kier alpha value is -1.96. The third kappa shape index (κ3) is 4.51. The van der Waals surface area contributed by atoms with E-state index in [0.717, 1.165) is 17.2 Å². The van der Waals surface area contributed by atoms with E-state index in [1.165, 1.54) is 19.2 Å². The Morgan fingerprint density at radius 3 is 2.30 bits per heavy atom. The molecule has 0 aliphatic carbocycles. The van der Waals surface area contributed by atoms with Crippen LogP contribution in [0.25, 0.3) is 0 Å². The molecule has 0 saturated carbocycles. The first-order chi connectivity index (χ1) is 11.0. The van der Waals surface area contributed by atoms with Crippen LogP contribution >= 0.6 is 0 Å². The predicted molar refractivity (Wildman–Crippen MR) is 87.2 cm³/mol. The van der Waals surface area contributed by atoms with Gasteiger partial charge in [0.2, 0.25) is 10.0 Å². The van der Waals surface area contributed by atoms with Gasteiger partial charge in [0.05, 0.1) is 17.2 Å². The zero-order chi connectivity index (χ0) is 16.9. The molecule has 0 unspecified atom stereocenters. The van der Waals surface area contributed by atoms with Gasteiger partial charge in [0.25, 0.3) is 0 Å². The number of sulfonamides is 1. The second-order valence-electron chi connectivity index (χ2n) is 5.00. The fourth-order valence-electron chi connectivity index (χ4n) is 2.08. The van der Waals surface area contributed by atoms with Gasteiger partial charge in [0.15, 0.2) is 0 Å². The summed E-state index contributed by atoms with van der Waals surface area (Å²) in [4.78, 5) is -0.109. The van der Waals surface area contributed by atoms with Gasteiger partial charge >= 0.3 is 0 Å². The van der Waals surface area contributed by atoms with Crippen molar-refractivity contribution >= 4 is 15.7 Å². The summed E-state index contributed by atoms with van der Waals surface area (Å²) in [6.07, 6.45) is 0.682. The molecule has 0 aliphatic heterocycles. The van der Waals surface area contributed by atoms with Gasteiger partial charge in [-0.1, -0.05) is 24.3 Å². The van der Waals surface area contributed by atoms with Crippen molar-refractivity contribution in [3.05, 3.63) is 59.4 Å². The number of anilines is 1. The van der Waals surface area contributed by atoms with Crippen molar-refractivity contribution in [1.29, 1.82) is 0 Å². The molecule has 0 atom stereocenters. The van der Waals surface area contributed by atoms with Crippen LogP contribution in [0, 0.1) is 5.82 Å². The summed E-state index contributed by atoms with van der Waals surface area (Å²) in [6, 6.07) is 11.3. The minimum atomic E-state index is -3.65. The molecular weight excluding hydrogens is 319 g/mol. The maximum absolute atomic E-state index is 14.0. The first-order valence-corrected chi connectivity index (χ1v) is 8.60. The Balaban J connectivity index is 1.98. The second-order valence-corrected chi connectivity index (χ2v) is 6.89. The number of halogens is 1. The fraction of sp³-hybridized carbons (Fsp3) is 0.250. The van der Waals surface area contributed by atoms with Crippen LogP contribution in [0.15, 0.2) is 47.4 Å². The van der Waals surface area contributed by atoms with Crippen LogP contribution in [0.1, 0.15) is 11.1 Å². The summed E-state index contributed by atoms with van der Waals surface area (Å²) in [6.45, 7) is 0.513. The molecule has 0 radical (unpaired) electrons. The van der Waals surface area contributed by atoms with Crippen LogP contribution < -0.4 is 10.0 Å². The van der Waals surface area contributed by atoms with E-state index in [-0.39, 0.29) is 17.2 Å². The van der Waals surface area contributed by atoms with Crippen LogP contribution in [0.3, 0.4) is 0 Å². The minimum absolute atomic E-state index is 0.00557. The van der Waals surface area contributed by atoms with E-state index in [4.69, 9.17) is 5.11 Å². The summed E-state index contributed by atoms with van der Waals surface area (Å²) in [5.74, 6) is -0.614. The van der Waals surface area contributed by atoms with E-state index in [1.54, 1.807) is 0 Å². The van der Waals surface area contributed by atoms with Crippen molar-refractivity contribution in [2.24, 2.45) is 0 Å². The van der Waals surface area contributed by atoms with E-state index in [9.17, 15) is 12.8 Å². The topological polar surface area (TPSA) is 78.4 Å². The molecule has 0 fully saturated rings. The van der Waals surface area contributed by atoms with Crippen molar-refractivity contribution in [3.63, 3.8) is 0 Å². The van der Waals surface area contributed by atoms with Crippen LogP contribution in [0.2, 0.25) is 0 Å². The average molecular weight is 338 g/mol. The van der Waals surface area contributed by atoms with Crippen LogP contribution in [0.4, 0.5) is 10.1 Å². The van der Waals surface area contributed by atoms with Crippen LogP contribution in [0.5, 0.6) is 0 Å². The number of rotatable bonds is 7. The third-order valence-electron chi connectivity index (χ3n) is 3.45. The zero-order valence-corrected chi connectivity index (χ0v) is 13.5. The Kier molecular flexibility index (Phi) is 5.70. The molecule has 2 rings (SSSR count). The predicted octanol–water partition coefficient (Wildman–Crippen LogP) is 1.88. The number of hydrogen-bond acceptors (Lipinski definition) is 4. The monoisotopic (exact) mass is 338 g/mol. The van der Waals surface area contributed by atoms with Crippen molar-refractivity contribution in [3.8, 4) is 0 Å². The van der Waals surface area contributed by atoms with Gasteiger partial charge in [-0.25, -0.2) is 17.5 Å². The van der Waals surface area contributed by atoms with Crippen LogP contribution in [-0.4, -0.2) is 27.1 Å². The maximum atomic E-state index is 14.0. The summed E-state index contributed by atoms with van der Waals surface area (Å²) < 4.78 is 39.3. The maximum Gasteiger partial charge on any atom is 0.240 e. The number of hydrogen-bond donors (Lipinski definition) is 3. The van der Waals surface area contributed by atoms with Gasteiger partial charge in [0, 0.05) is 6.54 Å². The van der Waals surface area contributed by atoms with Gasteiger partial charge in [-0.3, -0.25) is 0 Å². The molecule has 0 bridgehead atoms. The Morgan fingerprint density at radius 2 is 1.74 bits per heavy atom. The van der Waals surface area contributed by atoms with E-state index in [1.807, 2.05) is 24.3 Å². The molecule has 23 heavy (non-hydrogen) atoms. The number of aliphatic hydroxyl groups is 1. The van der Waals surface area contributed by atoms with E-state index >= 15 is 0 Å². The molecule has 7 heteroatoms. The third-order valence-corrected chi connectivity index (χ3v) is 4.87. The van der Waals surface area contributed by atoms with Gasteiger partial charge in [0.1, 0.15) is 5.82 Å². The van der Waals surface area contributed by atoms with E-state index in [2.05, 4.69) is 10.0 Å². The Bertz CT molecular complexity index is 761. The molecule has 0 heterocycles. The molecule has 3 N–H and O–H groups in total. The van der Waals surface area contributed by atoms with Gasteiger partial charge in [-0.15, -0.1) is 0 Å². The number of aliphatic hydroxyl groups excluding tert-OH is 1. The van der Waals surface area contributed by atoms with Crippen molar-refractivity contribution < 1.29 is 17.9 Å². The second kappa shape index (κ2) is 7.54. The summed E-state index contributed by atoms with van der Waals surface area (Å²) in [7, 11) is -2.37. The van der Waals surface area contributed by atoms with Gasteiger partial charge < -0.3 is 10.4 Å². The van der Waals surface area contributed by atoms with Crippen LogP contribution in [-0.2, 0) is 23.1 Å². The molecule has 0 aromatic heterocycles. The summed E-state index contributed by atoms with van der Waals surface area (Å²) >= 11 is 0. The van der Waals surface area contributed by atoms with E-state index < -0.39 is 15.8 Å². The number of benzene rings is 2. The fourth-order valence-corrected chi connectivity index (χ4v) is 2.82. The van der Waals surface area contributed by atoms with Crippen molar-refractivity contribution in [2.45, 2.75) is 17.9 Å². The molecule has 0 amide bonds. The van der Waals surface area contributed by atoms with Crippen molar-refractivity contribution in [2.75, 3.05) is 18.9 Å². The lowest BCUT2D eigenvalue weighted by atomic mass is 10.1. The molecule has 0 saturated heterocycles. The molecule has 124 valence electrons. The molecule has 0 spiro atoms. The highest BCUT2D eigenvalue weighted by atomic mass is 32.2. The smallest absolute Gasteiger partial charge is 0.240 e. The highest BCUT2D eigenvalue weighted by Crippen LogP contribution is 2.19. The highest BCUT2D eigenvalue weighted by Gasteiger charge is 2.13. The SMILES string of the molecule is CNS(=O)(=O)c1ccc(NCCc2ccc(CO)cc2)c(F)c1. The number of nitrogens with one attached hydrogen (secondary N) is 2. The minimum Gasteiger partial charge on any atom is -0.392 e. The normalized spacial score (nSPS) is 11.4. The molecular formula is C16H19FN2O3S. The average Bonchev–Trinajstić information content (AvgIpc) is 2.56. The largest absolute Gasteiger partial charge is 0.392 e. The molecule has 2 aromatic rings. The zero-order valence-electron chi connectivity index (χ0n) is 12.7. The molecule has 2 aromatic carbocycles.